The Morgan fingerprint density at radius 1 is 0.246 bits per heavy atom. The Balaban J connectivity index is 4.15. The Hall–Kier alpha value is -1.59. The molecule has 65 heavy (non-hydrogen) atoms. The highest BCUT2D eigenvalue weighted by Crippen LogP contribution is 2.18. The Morgan fingerprint density at radius 2 is 0.415 bits per heavy atom. The fraction of sp³-hybridized carbons (Fsp3) is 0.949. The molecule has 0 radical (unpaired) electrons. The summed E-state index contributed by atoms with van der Waals surface area (Å²) in [5, 5.41) is 0. The molecule has 0 N–H and O–H groups in total. The molecule has 0 heterocycles. The molecule has 0 amide bonds. The molecule has 0 fully saturated rings. The van der Waals surface area contributed by atoms with E-state index in [9.17, 15) is 14.4 Å². The Labute approximate surface area is 406 Å². The van der Waals surface area contributed by atoms with Gasteiger partial charge in [0.1, 0.15) is 13.2 Å². The van der Waals surface area contributed by atoms with Crippen LogP contribution in [0, 0.1) is 0 Å². The minimum atomic E-state index is -0.760. The Morgan fingerprint density at radius 3 is 0.615 bits per heavy atom. The van der Waals surface area contributed by atoms with Crippen LogP contribution in [0.5, 0.6) is 0 Å². The molecular weight excluding hydrogens is 805 g/mol. The van der Waals surface area contributed by atoms with Gasteiger partial charge in [0.2, 0.25) is 0 Å². The van der Waals surface area contributed by atoms with Crippen LogP contribution < -0.4 is 0 Å². The first-order valence-electron chi connectivity index (χ1n) is 29.5. The summed E-state index contributed by atoms with van der Waals surface area (Å²) in [5.41, 5.74) is 0. The van der Waals surface area contributed by atoms with Crippen LogP contribution in [0.4, 0.5) is 0 Å². The number of ether oxygens (including phenoxy) is 3. The maximum atomic E-state index is 12.8. The third kappa shape index (κ3) is 53.2. The number of rotatable bonds is 55. The van der Waals surface area contributed by atoms with Crippen molar-refractivity contribution in [2.24, 2.45) is 0 Å². The fourth-order valence-electron chi connectivity index (χ4n) is 9.15. The van der Waals surface area contributed by atoms with Crippen molar-refractivity contribution < 1.29 is 28.6 Å². The zero-order valence-electron chi connectivity index (χ0n) is 44.3. The van der Waals surface area contributed by atoms with Gasteiger partial charge in [-0.2, -0.15) is 0 Å². The molecule has 6 nitrogen and oxygen atoms in total. The molecule has 0 saturated heterocycles. The molecule has 0 saturated carbocycles. The molecule has 0 aromatic heterocycles. The smallest absolute Gasteiger partial charge is 0.306 e. The summed E-state index contributed by atoms with van der Waals surface area (Å²) in [6, 6.07) is 0. The van der Waals surface area contributed by atoms with Gasteiger partial charge in [0.15, 0.2) is 6.10 Å². The molecule has 0 rings (SSSR count). The first-order chi connectivity index (χ1) is 32.0. The van der Waals surface area contributed by atoms with Gasteiger partial charge in [-0.1, -0.05) is 303 Å². The standard InChI is InChI=1S/C59H114O6/c1-4-7-10-13-16-19-21-23-25-27-28-29-30-31-32-34-35-37-40-43-46-49-52-58(61)64-55-56(54-63-57(60)51-48-45-42-39-18-15-12-9-6-3)65-59(62)53-50-47-44-41-38-36-33-26-24-22-20-17-14-11-8-5-2/h56H,4-55H2,1-3H3. The lowest BCUT2D eigenvalue weighted by molar-refractivity contribution is -0.167. The van der Waals surface area contributed by atoms with Gasteiger partial charge in [0, 0.05) is 19.3 Å². The topological polar surface area (TPSA) is 78.9 Å². The van der Waals surface area contributed by atoms with Crippen molar-refractivity contribution in [2.45, 2.75) is 348 Å². The average Bonchev–Trinajstić information content (AvgIpc) is 3.30. The first kappa shape index (κ1) is 63.4. The van der Waals surface area contributed by atoms with Crippen LogP contribution >= 0.6 is 0 Å². The van der Waals surface area contributed by atoms with Crippen LogP contribution in [0.25, 0.3) is 0 Å². The fourth-order valence-corrected chi connectivity index (χ4v) is 9.15. The molecule has 386 valence electrons. The summed E-state index contributed by atoms with van der Waals surface area (Å²) in [7, 11) is 0. The van der Waals surface area contributed by atoms with E-state index in [1.54, 1.807) is 0 Å². The molecule has 1 atom stereocenters. The van der Waals surface area contributed by atoms with Crippen molar-refractivity contribution in [2.75, 3.05) is 13.2 Å². The summed E-state index contributed by atoms with van der Waals surface area (Å²) in [4.78, 5) is 38.0. The largest absolute Gasteiger partial charge is 0.462 e. The van der Waals surface area contributed by atoms with Crippen LogP contribution in [-0.4, -0.2) is 37.2 Å². The quantitative estimate of drug-likeness (QED) is 0.0344. The molecular formula is C59H114O6. The van der Waals surface area contributed by atoms with E-state index in [0.717, 1.165) is 57.8 Å². The van der Waals surface area contributed by atoms with Crippen molar-refractivity contribution in [3.05, 3.63) is 0 Å². The van der Waals surface area contributed by atoms with E-state index in [-0.39, 0.29) is 31.1 Å². The monoisotopic (exact) mass is 919 g/mol. The van der Waals surface area contributed by atoms with Gasteiger partial charge in [-0.15, -0.1) is 0 Å². The third-order valence-electron chi connectivity index (χ3n) is 13.6. The summed E-state index contributed by atoms with van der Waals surface area (Å²) < 4.78 is 16.9. The molecule has 0 bridgehead atoms. The highest BCUT2D eigenvalue weighted by molar-refractivity contribution is 5.71. The summed E-state index contributed by atoms with van der Waals surface area (Å²) in [6.07, 6.45) is 61.1. The van der Waals surface area contributed by atoms with E-state index in [1.165, 1.54) is 244 Å². The normalized spacial score (nSPS) is 11.9. The van der Waals surface area contributed by atoms with Gasteiger partial charge in [0.25, 0.3) is 0 Å². The number of esters is 3. The molecule has 1 unspecified atom stereocenters. The zero-order chi connectivity index (χ0) is 47.2. The lowest BCUT2D eigenvalue weighted by atomic mass is 10.0. The minimum Gasteiger partial charge on any atom is -0.462 e. The van der Waals surface area contributed by atoms with Gasteiger partial charge in [-0.3, -0.25) is 14.4 Å². The van der Waals surface area contributed by atoms with Crippen molar-refractivity contribution in [3.8, 4) is 0 Å². The lowest BCUT2D eigenvalue weighted by Gasteiger charge is -2.18. The van der Waals surface area contributed by atoms with E-state index >= 15 is 0 Å². The molecule has 0 aliphatic heterocycles. The Kier molecular flexibility index (Phi) is 53.7. The summed E-state index contributed by atoms with van der Waals surface area (Å²) in [5.74, 6) is -0.836. The average molecular weight is 920 g/mol. The Bertz CT molecular complexity index is 967. The van der Waals surface area contributed by atoms with Crippen molar-refractivity contribution in [3.63, 3.8) is 0 Å². The van der Waals surface area contributed by atoms with Crippen LogP contribution in [-0.2, 0) is 28.6 Å². The number of hydrogen-bond acceptors (Lipinski definition) is 6. The lowest BCUT2D eigenvalue weighted by Crippen LogP contribution is -2.30. The van der Waals surface area contributed by atoms with E-state index in [4.69, 9.17) is 14.2 Å². The zero-order valence-corrected chi connectivity index (χ0v) is 44.3. The molecule has 0 spiro atoms. The first-order valence-corrected chi connectivity index (χ1v) is 29.5. The molecule has 0 aliphatic rings. The van der Waals surface area contributed by atoms with Crippen LogP contribution in [0.2, 0.25) is 0 Å². The number of carbonyl (C=O) groups excluding carboxylic acids is 3. The molecule has 0 aromatic rings. The number of unbranched alkanes of at least 4 members (excludes halogenated alkanes) is 44. The minimum absolute atomic E-state index is 0.0614. The summed E-state index contributed by atoms with van der Waals surface area (Å²) in [6.45, 7) is 6.69. The van der Waals surface area contributed by atoms with Gasteiger partial charge in [-0.25, -0.2) is 0 Å². The highest BCUT2D eigenvalue weighted by Gasteiger charge is 2.19. The second kappa shape index (κ2) is 55.0. The molecule has 6 heteroatoms. The van der Waals surface area contributed by atoms with Gasteiger partial charge >= 0.3 is 17.9 Å². The van der Waals surface area contributed by atoms with E-state index in [1.807, 2.05) is 0 Å². The summed E-state index contributed by atoms with van der Waals surface area (Å²) >= 11 is 0. The van der Waals surface area contributed by atoms with Gasteiger partial charge < -0.3 is 14.2 Å². The molecule has 0 aromatic carbocycles. The van der Waals surface area contributed by atoms with Gasteiger partial charge in [0.05, 0.1) is 0 Å². The van der Waals surface area contributed by atoms with Crippen LogP contribution in [0.15, 0.2) is 0 Å². The highest BCUT2D eigenvalue weighted by atomic mass is 16.6. The second-order valence-corrected chi connectivity index (χ2v) is 20.3. The predicted octanol–water partition coefficient (Wildman–Crippen LogP) is 19.5. The third-order valence-corrected chi connectivity index (χ3v) is 13.6. The van der Waals surface area contributed by atoms with Gasteiger partial charge in [-0.05, 0) is 19.3 Å². The number of carbonyl (C=O) groups is 3. The van der Waals surface area contributed by atoms with E-state index in [0.29, 0.717) is 19.3 Å². The number of hydrogen-bond donors (Lipinski definition) is 0. The second-order valence-electron chi connectivity index (χ2n) is 20.3. The van der Waals surface area contributed by atoms with Crippen molar-refractivity contribution in [1.29, 1.82) is 0 Å². The maximum Gasteiger partial charge on any atom is 0.306 e. The van der Waals surface area contributed by atoms with Crippen LogP contribution in [0.3, 0.4) is 0 Å². The molecule has 0 aliphatic carbocycles. The predicted molar refractivity (Wildman–Crippen MR) is 280 cm³/mol. The van der Waals surface area contributed by atoms with E-state index in [2.05, 4.69) is 20.8 Å². The van der Waals surface area contributed by atoms with Crippen LogP contribution in [0.1, 0.15) is 342 Å². The van der Waals surface area contributed by atoms with E-state index < -0.39 is 6.10 Å². The van der Waals surface area contributed by atoms with Crippen molar-refractivity contribution in [1.82, 2.24) is 0 Å². The maximum absolute atomic E-state index is 12.8. The van der Waals surface area contributed by atoms with Crippen molar-refractivity contribution >= 4 is 17.9 Å². The SMILES string of the molecule is CCCCCCCCCCCCCCCCCCCCCCCCC(=O)OCC(COC(=O)CCCCCCCCCCC)OC(=O)CCCCCCCCCCCCCCCCCC.